The van der Waals surface area contributed by atoms with Crippen LogP contribution in [0.2, 0.25) is 10.0 Å². The molecule has 4 unspecified atom stereocenters. The Bertz CT molecular complexity index is 1160. The fourth-order valence-corrected chi connectivity index (χ4v) is 6.82. The first kappa shape index (κ1) is 26.6. The molecule has 3 aliphatic rings. The summed E-state index contributed by atoms with van der Waals surface area (Å²) in [6.07, 6.45) is 8.55. The SMILES string of the molecule is C[C@@H](OC1CCC2NNC(c3cnc(N4CC[C@@H](C(C)(C)O)C4)c(C#N)c3)C2C1)c1c(Cl)cncc1Cl. The summed E-state index contributed by atoms with van der Waals surface area (Å²) >= 11 is 12.7. The Morgan fingerprint density at radius 3 is 2.62 bits per heavy atom. The third kappa shape index (κ3) is 5.44. The van der Waals surface area contributed by atoms with Gasteiger partial charge in [-0.15, -0.1) is 0 Å². The lowest BCUT2D eigenvalue weighted by molar-refractivity contribution is -0.0370. The van der Waals surface area contributed by atoms with Gasteiger partial charge in [0.2, 0.25) is 0 Å². The molecule has 5 rings (SSSR count). The molecule has 37 heavy (non-hydrogen) atoms. The highest BCUT2D eigenvalue weighted by molar-refractivity contribution is 6.35. The topological polar surface area (TPSA) is 106 Å². The molecule has 1 aliphatic carbocycles. The van der Waals surface area contributed by atoms with Crippen LogP contribution in [0.5, 0.6) is 0 Å². The minimum Gasteiger partial charge on any atom is -0.390 e. The van der Waals surface area contributed by atoms with E-state index in [4.69, 9.17) is 32.9 Å². The molecule has 0 aromatic carbocycles. The summed E-state index contributed by atoms with van der Waals surface area (Å²) < 4.78 is 6.45. The lowest BCUT2D eigenvalue weighted by atomic mass is 9.78. The molecule has 2 aliphatic heterocycles. The molecule has 2 saturated heterocycles. The van der Waals surface area contributed by atoms with Gasteiger partial charge in [0.05, 0.1) is 39.5 Å². The molecule has 3 fully saturated rings. The van der Waals surface area contributed by atoms with Gasteiger partial charge in [-0.25, -0.2) is 10.4 Å². The summed E-state index contributed by atoms with van der Waals surface area (Å²) in [5.74, 6) is 1.14. The van der Waals surface area contributed by atoms with Gasteiger partial charge in [-0.05, 0) is 64.0 Å². The Kier molecular flexibility index (Phi) is 7.65. The quantitative estimate of drug-likeness (QED) is 0.479. The number of nitrogens with one attached hydrogen (secondary N) is 2. The van der Waals surface area contributed by atoms with Crippen LogP contribution in [-0.2, 0) is 4.74 Å². The van der Waals surface area contributed by atoms with E-state index in [-0.39, 0.29) is 24.2 Å². The Hall–Kier alpha value is -1.99. The summed E-state index contributed by atoms with van der Waals surface area (Å²) in [6.45, 7) is 7.15. The van der Waals surface area contributed by atoms with Gasteiger partial charge in [0.25, 0.3) is 0 Å². The zero-order valence-electron chi connectivity index (χ0n) is 21.4. The molecule has 3 N–H and O–H groups in total. The number of ether oxygens (including phenoxy) is 1. The Labute approximate surface area is 228 Å². The van der Waals surface area contributed by atoms with Crippen molar-refractivity contribution in [2.45, 2.75) is 76.3 Å². The minimum absolute atomic E-state index is 0.0242. The first-order valence-electron chi connectivity index (χ1n) is 13.0. The van der Waals surface area contributed by atoms with Gasteiger partial charge in [0, 0.05) is 49.2 Å². The molecular formula is C27H34Cl2N6O2. The van der Waals surface area contributed by atoms with Crippen LogP contribution < -0.4 is 15.8 Å². The second-order valence-electron chi connectivity index (χ2n) is 11.1. The van der Waals surface area contributed by atoms with Crippen LogP contribution in [0, 0.1) is 23.2 Å². The Morgan fingerprint density at radius 1 is 1.19 bits per heavy atom. The van der Waals surface area contributed by atoms with Crippen molar-refractivity contribution in [3.8, 4) is 6.07 Å². The van der Waals surface area contributed by atoms with Crippen molar-refractivity contribution >= 4 is 29.0 Å². The largest absolute Gasteiger partial charge is 0.390 e. The van der Waals surface area contributed by atoms with Crippen LogP contribution >= 0.6 is 23.2 Å². The maximum Gasteiger partial charge on any atom is 0.146 e. The van der Waals surface area contributed by atoms with Gasteiger partial charge in [-0.1, -0.05) is 23.2 Å². The first-order chi connectivity index (χ1) is 17.7. The highest BCUT2D eigenvalue weighted by atomic mass is 35.5. The number of aromatic nitrogens is 2. The third-order valence-corrected chi connectivity index (χ3v) is 8.85. The van der Waals surface area contributed by atoms with Gasteiger partial charge in [-0.2, -0.15) is 5.26 Å². The predicted molar refractivity (Wildman–Crippen MR) is 143 cm³/mol. The van der Waals surface area contributed by atoms with Crippen molar-refractivity contribution in [3.63, 3.8) is 0 Å². The number of halogens is 2. The number of pyridine rings is 2. The van der Waals surface area contributed by atoms with Crippen LogP contribution in [0.3, 0.4) is 0 Å². The predicted octanol–water partition coefficient (Wildman–Crippen LogP) is 4.72. The van der Waals surface area contributed by atoms with Crippen LogP contribution in [-0.4, -0.2) is 45.9 Å². The molecule has 0 spiro atoms. The molecule has 2 aromatic rings. The van der Waals surface area contributed by atoms with Crippen molar-refractivity contribution in [1.82, 2.24) is 20.8 Å². The fraction of sp³-hybridized carbons (Fsp3) is 0.593. The van der Waals surface area contributed by atoms with Crippen molar-refractivity contribution in [2.75, 3.05) is 18.0 Å². The number of nitriles is 1. The van der Waals surface area contributed by atoms with Gasteiger partial charge in [0.1, 0.15) is 11.9 Å². The summed E-state index contributed by atoms with van der Waals surface area (Å²) in [4.78, 5) is 10.9. The monoisotopic (exact) mass is 544 g/mol. The number of hydrogen-bond acceptors (Lipinski definition) is 8. The van der Waals surface area contributed by atoms with Gasteiger partial charge < -0.3 is 14.7 Å². The first-order valence-corrected chi connectivity index (χ1v) is 13.7. The van der Waals surface area contributed by atoms with E-state index in [0.717, 1.165) is 43.4 Å². The molecule has 0 radical (unpaired) electrons. The zero-order valence-corrected chi connectivity index (χ0v) is 22.9. The van der Waals surface area contributed by atoms with E-state index in [1.807, 2.05) is 33.0 Å². The van der Waals surface area contributed by atoms with Crippen molar-refractivity contribution in [1.29, 1.82) is 5.26 Å². The summed E-state index contributed by atoms with van der Waals surface area (Å²) in [7, 11) is 0. The summed E-state index contributed by atoms with van der Waals surface area (Å²) in [5, 5.41) is 21.4. The smallest absolute Gasteiger partial charge is 0.146 e. The Morgan fingerprint density at radius 2 is 1.95 bits per heavy atom. The number of fused-ring (bicyclic) bond motifs is 1. The molecular weight excluding hydrogens is 511 g/mol. The van der Waals surface area contributed by atoms with Gasteiger partial charge in [-0.3, -0.25) is 10.4 Å². The van der Waals surface area contributed by atoms with Crippen LogP contribution in [0.1, 0.15) is 75.3 Å². The molecule has 0 bridgehead atoms. The normalized spacial score (nSPS) is 28.7. The standard InChI is InChI=1S/C27H34Cl2N6O2/c1-15(24-21(28)12-31-13-22(24)29)37-19-4-5-23-20(9-19)25(34-33-23)17-8-16(10-30)26(32-11-17)35-7-6-18(14-35)27(2,3)36/h8,11-13,15,18-20,23,25,33-34,36H,4-7,9,14H2,1-3H3/t15-,18-,19?,20?,23?,25?/m1/s1. The number of aliphatic hydroxyl groups is 1. The molecule has 1 saturated carbocycles. The minimum atomic E-state index is -0.749. The number of hydrogen-bond donors (Lipinski definition) is 3. The van der Waals surface area contributed by atoms with Crippen molar-refractivity contribution in [3.05, 3.63) is 51.4 Å². The van der Waals surface area contributed by atoms with Gasteiger partial charge in [0.15, 0.2) is 0 Å². The van der Waals surface area contributed by atoms with E-state index < -0.39 is 5.60 Å². The molecule has 8 nitrogen and oxygen atoms in total. The Balaban J connectivity index is 1.30. The number of hydrazine groups is 1. The molecule has 4 heterocycles. The summed E-state index contributed by atoms with van der Waals surface area (Å²) in [6, 6.07) is 4.67. The van der Waals surface area contributed by atoms with Crippen molar-refractivity contribution in [2.24, 2.45) is 11.8 Å². The van der Waals surface area contributed by atoms with E-state index in [0.29, 0.717) is 39.9 Å². The second kappa shape index (κ2) is 10.6. The number of anilines is 1. The maximum absolute atomic E-state index is 10.4. The average Bonchev–Trinajstić information content (AvgIpc) is 3.51. The maximum atomic E-state index is 10.4. The summed E-state index contributed by atoms with van der Waals surface area (Å²) in [5.41, 5.74) is 8.49. The third-order valence-electron chi connectivity index (χ3n) is 8.25. The lowest BCUT2D eigenvalue weighted by Gasteiger charge is -2.35. The number of rotatable bonds is 6. The van der Waals surface area contributed by atoms with Crippen LogP contribution in [0.15, 0.2) is 24.7 Å². The highest BCUT2D eigenvalue weighted by Gasteiger charge is 2.42. The molecule has 198 valence electrons. The van der Waals surface area contributed by atoms with E-state index in [2.05, 4.69) is 26.8 Å². The van der Waals surface area contributed by atoms with E-state index in [9.17, 15) is 10.4 Å². The van der Waals surface area contributed by atoms with Crippen LogP contribution in [0.4, 0.5) is 5.82 Å². The molecule has 0 amide bonds. The van der Waals surface area contributed by atoms with Crippen LogP contribution in [0.25, 0.3) is 0 Å². The second-order valence-corrected chi connectivity index (χ2v) is 11.9. The highest BCUT2D eigenvalue weighted by Crippen LogP contribution is 2.42. The van der Waals surface area contributed by atoms with E-state index in [1.54, 1.807) is 12.4 Å². The number of nitrogens with zero attached hydrogens (tertiary/aromatic N) is 4. The van der Waals surface area contributed by atoms with Gasteiger partial charge >= 0.3 is 0 Å². The lowest BCUT2D eigenvalue weighted by Crippen LogP contribution is -2.37. The van der Waals surface area contributed by atoms with Crippen molar-refractivity contribution < 1.29 is 9.84 Å². The van der Waals surface area contributed by atoms with E-state index in [1.165, 1.54) is 0 Å². The average molecular weight is 546 g/mol. The zero-order chi connectivity index (χ0) is 26.3. The fourth-order valence-electron chi connectivity index (χ4n) is 6.14. The van der Waals surface area contributed by atoms with E-state index >= 15 is 0 Å². The molecule has 2 aromatic heterocycles. The molecule has 10 heteroatoms. The molecule has 6 atom stereocenters.